The second-order valence-electron chi connectivity index (χ2n) is 8.97. The molecule has 1 atom stereocenters. The summed E-state index contributed by atoms with van der Waals surface area (Å²) in [6.07, 6.45) is 4.51. The predicted molar refractivity (Wildman–Crippen MR) is 120 cm³/mol. The van der Waals surface area contributed by atoms with E-state index in [2.05, 4.69) is 40.1 Å². The lowest BCUT2D eigenvalue weighted by atomic mass is 9.69. The lowest BCUT2D eigenvalue weighted by Crippen LogP contribution is -2.53. The van der Waals surface area contributed by atoms with Gasteiger partial charge in [0.2, 0.25) is 0 Å². The molecule has 1 unspecified atom stereocenters. The molecule has 30 heavy (non-hydrogen) atoms. The highest BCUT2D eigenvalue weighted by atomic mass is 16.3. The number of hydrogen-bond acceptors (Lipinski definition) is 4. The summed E-state index contributed by atoms with van der Waals surface area (Å²) in [6, 6.07) is 23.8. The summed E-state index contributed by atoms with van der Waals surface area (Å²) in [5.41, 5.74) is 2.08. The SMILES string of the molecule is N#C[C@]1(c2ccccc2)CC[C@H](N2CCN(CC(O)Cc3ccccc3)CC2)CC1. The van der Waals surface area contributed by atoms with E-state index in [1.54, 1.807) is 0 Å². The van der Waals surface area contributed by atoms with E-state index in [1.807, 2.05) is 36.4 Å². The van der Waals surface area contributed by atoms with Crippen LogP contribution >= 0.6 is 0 Å². The highest BCUT2D eigenvalue weighted by Crippen LogP contribution is 2.40. The van der Waals surface area contributed by atoms with E-state index in [4.69, 9.17) is 0 Å². The molecule has 4 heteroatoms. The smallest absolute Gasteiger partial charge is 0.0823 e. The van der Waals surface area contributed by atoms with Gasteiger partial charge in [-0.2, -0.15) is 5.26 Å². The second-order valence-corrected chi connectivity index (χ2v) is 8.97. The fourth-order valence-electron chi connectivity index (χ4n) is 5.24. The minimum absolute atomic E-state index is 0.304. The number of piperazine rings is 1. The summed E-state index contributed by atoms with van der Waals surface area (Å²) < 4.78 is 0. The Bertz CT molecular complexity index is 816. The van der Waals surface area contributed by atoms with Crippen molar-refractivity contribution in [2.45, 2.75) is 49.7 Å². The first kappa shape index (κ1) is 21.1. The van der Waals surface area contributed by atoms with E-state index in [-0.39, 0.29) is 11.5 Å². The summed E-state index contributed by atoms with van der Waals surface area (Å²) in [6.45, 7) is 4.91. The molecule has 2 fully saturated rings. The van der Waals surface area contributed by atoms with Crippen molar-refractivity contribution in [1.29, 1.82) is 5.26 Å². The summed E-state index contributed by atoms with van der Waals surface area (Å²) in [7, 11) is 0. The number of rotatable bonds is 6. The molecule has 1 saturated heterocycles. The molecule has 0 aromatic heterocycles. The van der Waals surface area contributed by atoms with E-state index in [0.29, 0.717) is 6.04 Å². The Morgan fingerprint density at radius 1 is 0.933 bits per heavy atom. The van der Waals surface area contributed by atoms with Gasteiger partial charge in [0, 0.05) is 38.8 Å². The van der Waals surface area contributed by atoms with Crippen LogP contribution in [0.5, 0.6) is 0 Å². The number of nitriles is 1. The van der Waals surface area contributed by atoms with Crippen LogP contribution in [0.3, 0.4) is 0 Å². The number of nitrogens with zero attached hydrogens (tertiary/aromatic N) is 3. The van der Waals surface area contributed by atoms with Crippen LogP contribution in [-0.4, -0.2) is 59.8 Å². The molecule has 0 radical (unpaired) electrons. The Labute approximate surface area is 180 Å². The molecule has 1 aliphatic heterocycles. The number of hydrogen-bond donors (Lipinski definition) is 1. The zero-order chi connectivity index (χ0) is 20.8. The zero-order valence-corrected chi connectivity index (χ0v) is 17.8. The lowest BCUT2D eigenvalue weighted by Gasteiger charge is -2.44. The monoisotopic (exact) mass is 403 g/mol. The predicted octanol–water partition coefficient (Wildman–Crippen LogP) is 3.61. The van der Waals surface area contributed by atoms with Crippen LogP contribution in [0.1, 0.15) is 36.8 Å². The number of aliphatic hydroxyl groups excluding tert-OH is 1. The maximum absolute atomic E-state index is 10.5. The van der Waals surface area contributed by atoms with Crippen LogP contribution in [-0.2, 0) is 11.8 Å². The van der Waals surface area contributed by atoms with Crippen LogP contribution in [0.4, 0.5) is 0 Å². The minimum Gasteiger partial charge on any atom is -0.391 e. The molecule has 2 aromatic rings. The maximum atomic E-state index is 10.5. The molecular formula is C26H33N3O. The Morgan fingerprint density at radius 3 is 2.13 bits per heavy atom. The van der Waals surface area contributed by atoms with Crippen molar-refractivity contribution in [1.82, 2.24) is 9.80 Å². The minimum atomic E-state index is -0.309. The fraction of sp³-hybridized carbons (Fsp3) is 0.500. The third kappa shape index (κ3) is 4.92. The molecule has 1 heterocycles. The molecule has 0 amide bonds. The average Bonchev–Trinajstić information content (AvgIpc) is 2.81. The molecular weight excluding hydrogens is 370 g/mol. The van der Waals surface area contributed by atoms with Gasteiger partial charge in [0.1, 0.15) is 0 Å². The maximum Gasteiger partial charge on any atom is 0.0823 e. The van der Waals surface area contributed by atoms with Crippen molar-refractivity contribution in [3.8, 4) is 6.07 Å². The van der Waals surface area contributed by atoms with E-state index < -0.39 is 0 Å². The van der Waals surface area contributed by atoms with Crippen molar-refractivity contribution >= 4 is 0 Å². The molecule has 2 aromatic carbocycles. The number of benzene rings is 2. The number of β-amino-alcohol motifs (C(OH)–C–C–N with tert-alkyl or cyclic N) is 1. The third-order valence-electron chi connectivity index (χ3n) is 7.06. The van der Waals surface area contributed by atoms with Gasteiger partial charge in [0.15, 0.2) is 0 Å². The Morgan fingerprint density at radius 2 is 1.53 bits per heavy atom. The van der Waals surface area contributed by atoms with Gasteiger partial charge in [-0.15, -0.1) is 0 Å². The van der Waals surface area contributed by atoms with Gasteiger partial charge in [0.05, 0.1) is 17.6 Å². The fourth-order valence-corrected chi connectivity index (χ4v) is 5.24. The van der Waals surface area contributed by atoms with Gasteiger partial charge in [0.25, 0.3) is 0 Å². The van der Waals surface area contributed by atoms with Gasteiger partial charge in [-0.1, -0.05) is 60.7 Å². The van der Waals surface area contributed by atoms with Gasteiger partial charge in [-0.3, -0.25) is 9.80 Å². The highest BCUT2D eigenvalue weighted by Gasteiger charge is 2.39. The molecule has 1 saturated carbocycles. The summed E-state index contributed by atoms with van der Waals surface area (Å²) in [4.78, 5) is 5.02. The molecule has 1 aliphatic carbocycles. The standard InChI is InChI=1S/C26H33N3O/c27-21-26(23-9-5-2-6-10-23)13-11-24(12-14-26)29-17-15-28(16-18-29)20-25(30)19-22-7-3-1-4-8-22/h1-10,24-25,30H,11-20H2/t24-,25?,26-. The zero-order valence-electron chi connectivity index (χ0n) is 17.8. The molecule has 0 spiro atoms. The molecule has 0 bridgehead atoms. The van der Waals surface area contributed by atoms with E-state index >= 15 is 0 Å². The Kier molecular flexibility index (Phi) is 6.84. The molecule has 158 valence electrons. The van der Waals surface area contributed by atoms with Crippen LogP contribution in [0.2, 0.25) is 0 Å². The number of aliphatic hydroxyl groups is 1. The molecule has 1 N–H and O–H groups in total. The van der Waals surface area contributed by atoms with Gasteiger partial charge in [-0.25, -0.2) is 0 Å². The van der Waals surface area contributed by atoms with Crippen molar-refractivity contribution in [2.24, 2.45) is 0 Å². The van der Waals surface area contributed by atoms with Crippen LogP contribution < -0.4 is 0 Å². The van der Waals surface area contributed by atoms with E-state index in [1.165, 1.54) is 11.1 Å². The molecule has 4 rings (SSSR count). The van der Waals surface area contributed by atoms with E-state index in [0.717, 1.165) is 64.8 Å². The summed E-state index contributed by atoms with van der Waals surface area (Å²) in [5.74, 6) is 0. The molecule has 2 aliphatic rings. The Balaban J connectivity index is 1.24. The third-order valence-corrected chi connectivity index (χ3v) is 7.06. The first-order valence-corrected chi connectivity index (χ1v) is 11.3. The van der Waals surface area contributed by atoms with Gasteiger partial charge in [-0.05, 0) is 43.2 Å². The Hall–Kier alpha value is -2.19. The van der Waals surface area contributed by atoms with Gasteiger partial charge >= 0.3 is 0 Å². The normalized spacial score (nSPS) is 26.7. The molecule has 4 nitrogen and oxygen atoms in total. The first-order chi connectivity index (χ1) is 14.7. The van der Waals surface area contributed by atoms with Crippen molar-refractivity contribution in [3.05, 3.63) is 71.8 Å². The van der Waals surface area contributed by atoms with Crippen molar-refractivity contribution in [3.63, 3.8) is 0 Å². The van der Waals surface area contributed by atoms with Crippen molar-refractivity contribution < 1.29 is 5.11 Å². The quantitative estimate of drug-likeness (QED) is 0.801. The largest absolute Gasteiger partial charge is 0.391 e. The van der Waals surface area contributed by atoms with Crippen molar-refractivity contribution in [2.75, 3.05) is 32.7 Å². The lowest BCUT2D eigenvalue weighted by molar-refractivity contribution is 0.0437. The van der Waals surface area contributed by atoms with Crippen LogP contribution in [0.25, 0.3) is 0 Å². The van der Waals surface area contributed by atoms with E-state index in [9.17, 15) is 10.4 Å². The first-order valence-electron chi connectivity index (χ1n) is 11.3. The highest BCUT2D eigenvalue weighted by molar-refractivity contribution is 5.33. The van der Waals surface area contributed by atoms with Gasteiger partial charge < -0.3 is 5.11 Å². The topological polar surface area (TPSA) is 50.5 Å². The summed E-state index contributed by atoms with van der Waals surface area (Å²) in [5, 5.41) is 20.4. The second kappa shape index (κ2) is 9.75. The average molecular weight is 404 g/mol. The summed E-state index contributed by atoms with van der Waals surface area (Å²) >= 11 is 0. The van der Waals surface area contributed by atoms with Crippen LogP contribution in [0.15, 0.2) is 60.7 Å². The van der Waals surface area contributed by atoms with Crippen LogP contribution in [0, 0.1) is 11.3 Å².